The Kier molecular flexibility index (Phi) is 9.98. The molecule has 2 aromatic rings. The van der Waals surface area contributed by atoms with Crippen LogP contribution in [0.25, 0.3) is 0 Å². The van der Waals surface area contributed by atoms with E-state index in [0.29, 0.717) is 30.2 Å². The second-order valence-electron chi connectivity index (χ2n) is 9.65. The van der Waals surface area contributed by atoms with E-state index in [1.807, 2.05) is 50.2 Å². The molecule has 3 rings (SSSR count). The Balaban J connectivity index is 1.77. The zero-order valence-corrected chi connectivity index (χ0v) is 23.0. The molecule has 0 aromatic heterocycles. The minimum absolute atomic E-state index is 0.0888. The van der Waals surface area contributed by atoms with Gasteiger partial charge in [0, 0.05) is 52.0 Å². The van der Waals surface area contributed by atoms with Crippen LogP contribution >= 0.6 is 0 Å². The van der Waals surface area contributed by atoms with Crippen molar-refractivity contribution in [1.82, 2.24) is 10.2 Å². The number of carbonyl (C=O) groups is 1. The van der Waals surface area contributed by atoms with Crippen LogP contribution in [-0.2, 0) is 4.79 Å². The molecule has 0 bridgehead atoms. The number of hydrogen-bond acceptors (Lipinski definition) is 7. The number of guanidine groups is 1. The zero-order valence-electron chi connectivity index (χ0n) is 23.0. The molecule has 2 aromatic carbocycles. The van der Waals surface area contributed by atoms with Gasteiger partial charge in [0.05, 0.1) is 36.4 Å². The number of anilines is 4. The van der Waals surface area contributed by atoms with Gasteiger partial charge in [-0.05, 0) is 44.0 Å². The Hall–Kier alpha value is -3.76. The summed E-state index contributed by atoms with van der Waals surface area (Å²) in [5.41, 5.74) is 4.10. The van der Waals surface area contributed by atoms with E-state index in [2.05, 4.69) is 45.3 Å². The molecule has 10 nitrogen and oxygen atoms in total. The number of aliphatic hydroxyl groups is 1. The van der Waals surface area contributed by atoms with Gasteiger partial charge in [-0.25, -0.2) is 0 Å². The first kappa shape index (κ1) is 28.8. The minimum atomic E-state index is -0.333. The Morgan fingerprint density at radius 1 is 1.26 bits per heavy atom. The van der Waals surface area contributed by atoms with Gasteiger partial charge in [0.2, 0.25) is 5.91 Å². The minimum Gasteiger partial charge on any atom is -0.494 e. The lowest BCUT2D eigenvalue weighted by Crippen LogP contribution is -2.46. The van der Waals surface area contributed by atoms with Crippen molar-refractivity contribution in [2.75, 3.05) is 67.8 Å². The second-order valence-corrected chi connectivity index (χ2v) is 9.65. The molecule has 1 fully saturated rings. The van der Waals surface area contributed by atoms with Gasteiger partial charge in [-0.2, -0.15) is 0 Å². The van der Waals surface area contributed by atoms with E-state index in [1.165, 1.54) is 6.08 Å². The average molecular weight is 524 g/mol. The molecular weight excluding hydrogens is 482 g/mol. The molecule has 2 unspecified atom stereocenters. The zero-order chi connectivity index (χ0) is 27.8. The van der Waals surface area contributed by atoms with Crippen LogP contribution in [0.3, 0.4) is 0 Å². The fraction of sp³-hybridized carbons (Fsp3) is 0.429. The highest BCUT2D eigenvalue weighted by atomic mass is 16.5. The van der Waals surface area contributed by atoms with Crippen molar-refractivity contribution < 1.29 is 14.6 Å². The number of carbonyl (C=O) groups excluding carboxylic acids is 1. The van der Waals surface area contributed by atoms with Crippen molar-refractivity contribution in [1.29, 1.82) is 5.41 Å². The molecule has 38 heavy (non-hydrogen) atoms. The van der Waals surface area contributed by atoms with Crippen LogP contribution in [0.5, 0.6) is 5.75 Å². The van der Waals surface area contributed by atoms with Gasteiger partial charge in [-0.3, -0.25) is 15.1 Å². The summed E-state index contributed by atoms with van der Waals surface area (Å²) in [7, 11) is 5.50. The highest BCUT2D eigenvalue weighted by molar-refractivity contribution is 6.03. The van der Waals surface area contributed by atoms with E-state index in [9.17, 15) is 9.90 Å². The summed E-state index contributed by atoms with van der Waals surface area (Å²) in [6.45, 7) is 10.6. The van der Waals surface area contributed by atoms with Crippen LogP contribution < -0.4 is 30.5 Å². The average Bonchev–Trinajstić information content (AvgIpc) is 3.32. The highest BCUT2D eigenvalue weighted by Gasteiger charge is 2.22. The number of hydrogen-bond donors (Lipinski definition) is 5. The summed E-state index contributed by atoms with van der Waals surface area (Å²) in [5, 5.41) is 27.5. The third-order valence-corrected chi connectivity index (χ3v) is 6.86. The second kappa shape index (κ2) is 13.2. The van der Waals surface area contributed by atoms with Crippen LogP contribution in [0.15, 0.2) is 49.1 Å². The molecule has 10 heteroatoms. The largest absolute Gasteiger partial charge is 0.494 e. The number of aryl methyl sites for hydroxylation is 1. The van der Waals surface area contributed by atoms with Crippen molar-refractivity contribution in [2.45, 2.75) is 32.5 Å². The lowest BCUT2D eigenvalue weighted by molar-refractivity contribution is -0.111. The molecule has 206 valence electrons. The SMILES string of the molecule is C=CC(=O)Nc1cc(NC(=N)NC(C)N(C)c2ccccc2C)c(OC)cc1N(C)CCN1CCC(O)C1. The Morgan fingerprint density at radius 2 is 2.00 bits per heavy atom. The van der Waals surface area contributed by atoms with E-state index in [-0.39, 0.29) is 24.1 Å². The van der Waals surface area contributed by atoms with Crippen LogP contribution in [0.4, 0.5) is 22.7 Å². The maximum Gasteiger partial charge on any atom is 0.247 e. The maximum absolute atomic E-state index is 12.2. The van der Waals surface area contributed by atoms with Crippen molar-refractivity contribution in [3.8, 4) is 5.75 Å². The number of methoxy groups -OCH3 is 1. The molecule has 0 spiro atoms. The van der Waals surface area contributed by atoms with Crippen LogP contribution in [0.2, 0.25) is 0 Å². The van der Waals surface area contributed by atoms with Gasteiger partial charge < -0.3 is 35.6 Å². The molecule has 1 heterocycles. The van der Waals surface area contributed by atoms with Crippen LogP contribution in [-0.4, -0.2) is 81.5 Å². The van der Waals surface area contributed by atoms with Gasteiger partial charge in [0.15, 0.2) is 5.96 Å². The smallest absolute Gasteiger partial charge is 0.247 e. The van der Waals surface area contributed by atoms with Gasteiger partial charge in [0.1, 0.15) is 5.75 Å². The molecule has 1 amide bonds. The van der Waals surface area contributed by atoms with E-state index >= 15 is 0 Å². The van der Waals surface area contributed by atoms with Gasteiger partial charge in [0.25, 0.3) is 0 Å². The number of ether oxygens (including phenoxy) is 1. The quantitative estimate of drug-likeness (QED) is 0.132. The number of β-amino-alcohol motifs (C(OH)–C–C–N with tert-alkyl or cyclic N) is 1. The monoisotopic (exact) mass is 523 g/mol. The first-order valence-electron chi connectivity index (χ1n) is 12.8. The summed E-state index contributed by atoms with van der Waals surface area (Å²) in [5.74, 6) is 0.289. The van der Waals surface area contributed by atoms with Crippen molar-refractivity contribution in [2.24, 2.45) is 0 Å². The number of likely N-dealkylation sites (N-methyl/N-ethyl adjacent to an activating group) is 1. The molecule has 2 atom stereocenters. The fourth-order valence-corrected chi connectivity index (χ4v) is 4.51. The van der Waals surface area contributed by atoms with Gasteiger partial charge in [-0.15, -0.1) is 0 Å². The number of nitrogens with one attached hydrogen (secondary N) is 4. The predicted molar refractivity (Wildman–Crippen MR) is 156 cm³/mol. The molecule has 1 saturated heterocycles. The third-order valence-electron chi connectivity index (χ3n) is 6.86. The van der Waals surface area contributed by atoms with Crippen molar-refractivity contribution in [3.63, 3.8) is 0 Å². The summed E-state index contributed by atoms with van der Waals surface area (Å²) in [6, 6.07) is 11.7. The molecule has 5 N–H and O–H groups in total. The van der Waals surface area contributed by atoms with E-state index < -0.39 is 0 Å². The molecule has 1 aliphatic heterocycles. The Labute approximate surface area is 225 Å². The lowest BCUT2D eigenvalue weighted by Gasteiger charge is -2.30. The molecule has 0 aliphatic carbocycles. The maximum atomic E-state index is 12.2. The van der Waals surface area contributed by atoms with Crippen molar-refractivity contribution in [3.05, 3.63) is 54.6 Å². The van der Waals surface area contributed by atoms with Gasteiger partial charge in [-0.1, -0.05) is 24.8 Å². The molecule has 0 saturated carbocycles. The highest BCUT2D eigenvalue weighted by Crippen LogP contribution is 2.37. The van der Waals surface area contributed by atoms with Crippen LogP contribution in [0.1, 0.15) is 18.9 Å². The Bertz CT molecular complexity index is 1140. The van der Waals surface area contributed by atoms with Gasteiger partial charge >= 0.3 is 0 Å². The Morgan fingerprint density at radius 3 is 2.63 bits per heavy atom. The summed E-state index contributed by atoms with van der Waals surface area (Å²) >= 11 is 0. The molecule has 0 radical (unpaired) electrons. The fourth-order valence-electron chi connectivity index (χ4n) is 4.51. The standard InChI is InChI=1S/C28H41N7O3/c1-7-27(37)31-22-16-23(32-28(29)30-20(3)34(5)24-11-9-8-10-19(24)2)26(38-6)17-25(22)33(4)14-15-35-13-12-21(36)18-35/h7-11,16-17,20-21,36H,1,12-15,18H2,2-6H3,(H,31,37)(H3,29,30,32). The topological polar surface area (TPSA) is 116 Å². The number of rotatable bonds is 11. The summed E-state index contributed by atoms with van der Waals surface area (Å²) < 4.78 is 5.65. The van der Waals surface area contributed by atoms with E-state index in [1.54, 1.807) is 13.2 Å². The molecular formula is C28H41N7O3. The number of nitrogens with zero attached hydrogens (tertiary/aromatic N) is 3. The first-order chi connectivity index (χ1) is 18.1. The number of likely N-dealkylation sites (tertiary alicyclic amines) is 1. The number of amides is 1. The van der Waals surface area contributed by atoms with Crippen LogP contribution in [0, 0.1) is 12.3 Å². The lowest BCUT2D eigenvalue weighted by atomic mass is 10.2. The van der Waals surface area contributed by atoms with E-state index in [0.717, 1.165) is 36.4 Å². The van der Waals surface area contributed by atoms with Crippen molar-refractivity contribution >= 4 is 34.6 Å². The normalized spacial score (nSPS) is 15.9. The summed E-state index contributed by atoms with van der Waals surface area (Å²) in [4.78, 5) is 18.6. The first-order valence-corrected chi connectivity index (χ1v) is 12.8. The number of benzene rings is 2. The predicted octanol–water partition coefficient (Wildman–Crippen LogP) is 3.05. The molecule has 1 aliphatic rings. The third kappa shape index (κ3) is 7.39. The number of para-hydroxylation sites is 1. The number of aliphatic hydroxyl groups excluding tert-OH is 1. The summed E-state index contributed by atoms with van der Waals surface area (Å²) in [6.07, 6.45) is 1.57. The van der Waals surface area contributed by atoms with E-state index in [4.69, 9.17) is 10.1 Å².